The molecule has 2 aromatic carbocycles. The first-order chi connectivity index (χ1) is 19.4. The number of sulfone groups is 1. The summed E-state index contributed by atoms with van der Waals surface area (Å²) in [5.74, 6) is -2.03. The smallest absolute Gasteiger partial charge is 1.00 e. The number of halogens is 1. The predicted octanol–water partition coefficient (Wildman–Crippen LogP) is 0.0178. The Bertz CT molecular complexity index is 1660. The maximum absolute atomic E-state index is 14.4. The van der Waals surface area contributed by atoms with Gasteiger partial charge >= 0.3 is 29.6 Å². The van der Waals surface area contributed by atoms with Crippen LogP contribution in [0.5, 0.6) is 0 Å². The zero-order valence-corrected chi connectivity index (χ0v) is 26.7. The first-order valence-corrected chi connectivity index (χ1v) is 15.9. The van der Waals surface area contributed by atoms with E-state index in [1.54, 1.807) is 30.3 Å². The standard InChI is InChI=1S/C26H29FN6O6S2.Na.H/c1-2-23(34)33-41(38,39)21-5-3-4-19(14-21)31-26-29-16-22(27)25(32-26)30-18-8-6-17(7-9-18)15-28-24(35)12-13-40(36,37)20-10-11-20;;/h3-9,14,16,20H,2,10-13,15H2,1H3,(H,28,35)(H,33,34)(H2,29,30,31,32);;/q;+1;-1. The van der Waals surface area contributed by atoms with Crippen molar-refractivity contribution in [1.29, 1.82) is 0 Å². The molecule has 12 nitrogen and oxygen atoms in total. The van der Waals surface area contributed by atoms with Crippen molar-refractivity contribution in [1.82, 2.24) is 20.0 Å². The Balaban J connectivity index is 0.00000323. The fraction of sp³-hybridized carbons (Fsp3) is 0.308. The second-order valence-corrected chi connectivity index (χ2v) is 13.4. The van der Waals surface area contributed by atoms with Crippen molar-refractivity contribution in [2.24, 2.45) is 0 Å². The van der Waals surface area contributed by atoms with Gasteiger partial charge in [0.05, 0.1) is 22.1 Å². The zero-order valence-electron chi connectivity index (χ0n) is 24.1. The average molecular weight is 629 g/mol. The maximum Gasteiger partial charge on any atom is 1.00 e. The molecule has 1 aliphatic carbocycles. The molecule has 3 aromatic rings. The minimum atomic E-state index is -4.06. The third-order valence-corrected chi connectivity index (χ3v) is 9.70. The number of hydrogen-bond acceptors (Lipinski definition) is 10. The number of nitrogens with one attached hydrogen (secondary N) is 4. The largest absolute Gasteiger partial charge is 1.00 e. The van der Waals surface area contributed by atoms with Crippen LogP contribution in [0.2, 0.25) is 0 Å². The summed E-state index contributed by atoms with van der Waals surface area (Å²) in [6.45, 7) is 1.74. The van der Waals surface area contributed by atoms with Crippen molar-refractivity contribution in [2.45, 2.75) is 49.3 Å². The molecule has 1 aliphatic rings. The van der Waals surface area contributed by atoms with Gasteiger partial charge in [0.1, 0.15) is 0 Å². The van der Waals surface area contributed by atoms with Crippen LogP contribution in [-0.2, 0) is 36.0 Å². The number of nitrogens with zero attached hydrogens (tertiary/aromatic N) is 2. The Hall–Kier alpha value is -3.11. The molecular formula is C26H30FN6NaO6S2. The van der Waals surface area contributed by atoms with Crippen molar-refractivity contribution < 1.29 is 61.8 Å². The van der Waals surface area contributed by atoms with Gasteiger partial charge in [-0.2, -0.15) is 4.98 Å². The molecule has 1 aromatic heterocycles. The van der Waals surface area contributed by atoms with Crippen LogP contribution in [0.15, 0.2) is 59.6 Å². The molecule has 4 rings (SSSR count). The van der Waals surface area contributed by atoms with E-state index in [9.17, 15) is 30.8 Å². The summed E-state index contributed by atoms with van der Waals surface area (Å²) in [6.07, 6.45) is 2.21. The molecule has 0 spiro atoms. The van der Waals surface area contributed by atoms with Gasteiger partial charge in [-0.05, 0) is 48.7 Å². The van der Waals surface area contributed by atoms with Gasteiger partial charge in [0.25, 0.3) is 10.0 Å². The first-order valence-electron chi connectivity index (χ1n) is 12.7. The number of rotatable bonds is 13. The van der Waals surface area contributed by atoms with Crippen LogP contribution in [0.1, 0.15) is 39.6 Å². The van der Waals surface area contributed by atoms with Crippen molar-refractivity contribution in [3.05, 3.63) is 66.1 Å². The average Bonchev–Trinajstić information content (AvgIpc) is 3.80. The van der Waals surface area contributed by atoms with E-state index >= 15 is 0 Å². The molecule has 1 heterocycles. The second kappa shape index (κ2) is 14.4. The molecule has 0 saturated heterocycles. The van der Waals surface area contributed by atoms with Crippen molar-refractivity contribution in [3.8, 4) is 0 Å². The first kappa shape index (κ1) is 33.4. The Morgan fingerprint density at radius 1 is 1.00 bits per heavy atom. The Labute approximate surface area is 267 Å². The summed E-state index contributed by atoms with van der Waals surface area (Å²) in [7, 11) is -7.26. The van der Waals surface area contributed by atoms with Crippen LogP contribution >= 0.6 is 0 Å². The Morgan fingerprint density at radius 3 is 2.38 bits per heavy atom. The van der Waals surface area contributed by atoms with Crippen LogP contribution in [0.3, 0.4) is 0 Å². The van der Waals surface area contributed by atoms with Crippen molar-refractivity contribution >= 4 is 54.8 Å². The Morgan fingerprint density at radius 2 is 1.71 bits per heavy atom. The number of sulfonamides is 1. The third-order valence-electron chi connectivity index (χ3n) is 6.07. The summed E-state index contributed by atoms with van der Waals surface area (Å²) >= 11 is 0. The zero-order chi connectivity index (χ0) is 29.6. The normalized spacial score (nSPS) is 13.0. The number of carbonyl (C=O) groups excluding carboxylic acids is 2. The van der Waals surface area contributed by atoms with Crippen LogP contribution < -0.4 is 50.2 Å². The topological polar surface area (TPSA) is 176 Å². The van der Waals surface area contributed by atoms with E-state index in [0.717, 1.165) is 11.8 Å². The van der Waals surface area contributed by atoms with Gasteiger partial charge in [-0.15, -0.1) is 0 Å². The molecular weight excluding hydrogens is 598 g/mol. The molecule has 1 saturated carbocycles. The molecule has 4 N–H and O–H groups in total. The summed E-state index contributed by atoms with van der Waals surface area (Å²) in [5, 5.41) is 8.06. The van der Waals surface area contributed by atoms with Crippen LogP contribution in [0.25, 0.3) is 0 Å². The second-order valence-electron chi connectivity index (χ2n) is 9.34. The van der Waals surface area contributed by atoms with Crippen LogP contribution in [0.4, 0.5) is 27.5 Å². The fourth-order valence-electron chi connectivity index (χ4n) is 3.63. The quantitative estimate of drug-likeness (QED) is 0.189. The van der Waals surface area contributed by atoms with Crippen LogP contribution in [0, 0.1) is 5.82 Å². The molecule has 1 fully saturated rings. The van der Waals surface area contributed by atoms with E-state index < -0.39 is 31.6 Å². The third kappa shape index (κ3) is 9.46. The fourth-order valence-corrected chi connectivity index (χ4v) is 6.39. The molecule has 220 valence electrons. The molecule has 0 unspecified atom stereocenters. The molecule has 0 atom stereocenters. The van der Waals surface area contributed by atoms with Gasteiger partial charge in [-0.3, -0.25) is 9.59 Å². The van der Waals surface area contributed by atoms with Gasteiger partial charge in [-0.1, -0.05) is 25.1 Å². The van der Waals surface area contributed by atoms with E-state index in [1.165, 1.54) is 25.1 Å². The number of benzene rings is 2. The van der Waals surface area contributed by atoms with Gasteiger partial charge in [0.15, 0.2) is 21.5 Å². The molecule has 16 heteroatoms. The minimum Gasteiger partial charge on any atom is -1.00 e. The minimum absolute atomic E-state index is 0. The van der Waals surface area contributed by atoms with Crippen LogP contribution in [-0.4, -0.2) is 49.6 Å². The van der Waals surface area contributed by atoms with Gasteiger partial charge in [0.2, 0.25) is 17.8 Å². The molecule has 2 amide bonds. The monoisotopic (exact) mass is 628 g/mol. The number of hydrogen-bond donors (Lipinski definition) is 4. The Kier molecular flexibility index (Phi) is 11.4. The number of anilines is 4. The predicted molar refractivity (Wildman–Crippen MR) is 151 cm³/mol. The van der Waals surface area contributed by atoms with E-state index in [4.69, 9.17) is 0 Å². The van der Waals surface area contributed by atoms with Gasteiger partial charge in [-0.25, -0.2) is 30.9 Å². The molecule has 42 heavy (non-hydrogen) atoms. The summed E-state index contributed by atoms with van der Waals surface area (Å²) in [5.41, 5.74) is 1.55. The van der Waals surface area contributed by atoms with Crippen molar-refractivity contribution in [2.75, 3.05) is 16.4 Å². The molecule has 0 bridgehead atoms. The number of aromatic nitrogens is 2. The van der Waals surface area contributed by atoms with E-state index in [2.05, 4.69) is 25.9 Å². The number of carbonyl (C=O) groups is 2. The maximum atomic E-state index is 14.4. The molecule has 0 aliphatic heterocycles. The van der Waals surface area contributed by atoms with Gasteiger partial charge < -0.3 is 17.4 Å². The number of amides is 2. The van der Waals surface area contributed by atoms with E-state index in [-0.39, 0.29) is 83.9 Å². The summed E-state index contributed by atoms with van der Waals surface area (Å²) in [6, 6.07) is 12.4. The van der Waals surface area contributed by atoms with E-state index in [1.807, 2.05) is 4.72 Å². The van der Waals surface area contributed by atoms with Gasteiger partial charge in [0, 0.05) is 30.8 Å². The summed E-state index contributed by atoms with van der Waals surface area (Å²) in [4.78, 5) is 31.5. The van der Waals surface area contributed by atoms with Crippen molar-refractivity contribution in [3.63, 3.8) is 0 Å². The summed E-state index contributed by atoms with van der Waals surface area (Å²) < 4.78 is 65.1. The SMILES string of the molecule is CCC(=O)NS(=O)(=O)c1cccc(Nc2ncc(F)c(Nc3ccc(CNC(=O)CCS(=O)(=O)C4CC4)cc3)n2)c1.[H-].[Na+]. The van der Waals surface area contributed by atoms with E-state index in [0.29, 0.717) is 24.2 Å². The molecule has 0 radical (unpaired) electrons.